The first-order valence-corrected chi connectivity index (χ1v) is 13.1. The predicted octanol–water partition coefficient (Wildman–Crippen LogP) is 4.40. The normalized spacial score (nSPS) is 14.2. The number of amides is 1. The first-order valence-electron chi connectivity index (χ1n) is 11.2. The Balaban J connectivity index is 1.58. The highest BCUT2D eigenvalue weighted by molar-refractivity contribution is 7.90. The Kier molecular flexibility index (Phi) is 7.07. The topological polar surface area (TPSA) is 66.9 Å². The third-order valence-corrected chi connectivity index (χ3v) is 7.05. The van der Waals surface area contributed by atoms with Crippen LogP contribution in [0.2, 0.25) is 0 Å². The molecule has 0 N–H and O–H groups in total. The molecule has 1 amide bonds. The highest BCUT2D eigenvalue weighted by atomic mass is 32.2. The van der Waals surface area contributed by atoms with Crippen LogP contribution in [0.5, 0.6) is 5.75 Å². The number of halogens is 2. The molecule has 6 nitrogen and oxygen atoms in total. The van der Waals surface area contributed by atoms with Gasteiger partial charge in [0.2, 0.25) is 0 Å². The van der Waals surface area contributed by atoms with Gasteiger partial charge in [0.25, 0.3) is 5.91 Å². The molecule has 35 heavy (non-hydrogen) atoms. The molecule has 1 heterocycles. The molecule has 1 aliphatic heterocycles. The Bertz CT molecular complexity index is 1320. The number of anilines is 1. The number of hydrogen-bond donors (Lipinski definition) is 0. The fourth-order valence-corrected chi connectivity index (χ4v) is 4.80. The van der Waals surface area contributed by atoms with Crippen LogP contribution in [0.3, 0.4) is 0 Å². The van der Waals surface area contributed by atoms with E-state index < -0.39 is 27.2 Å². The molecule has 0 bridgehead atoms. The highest BCUT2D eigenvalue weighted by Crippen LogP contribution is 2.30. The van der Waals surface area contributed by atoms with Gasteiger partial charge in [-0.2, -0.15) is 0 Å². The number of rotatable bonds is 6. The van der Waals surface area contributed by atoms with Gasteiger partial charge in [-0.05, 0) is 30.2 Å². The first-order chi connectivity index (χ1) is 16.7. The van der Waals surface area contributed by atoms with E-state index in [9.17, 15) is 22.0 Å². The summed E-state index contributed by atoms with van der Waals surface area (Å²) in [6.07, 6.45) is 1.10. The molecule has 0 atom stereocenters. The monoisotopic (exact) mass is 500 g/mol. The lowest BCUT2D eigenvalue weighted by Crippen LogP contribution is -2.49. The Morgan fingerprint density at radius 1 is 0.943 bits per heavy atom. The zero-order valence-electron chi connectivity index (χ0n) is 19.5. The van der Waals surface area contributed by atoms with Crippen LogP contribution in [0.4, 0.5) is 14.5 Å². The second-order valence-electron chi connectivity index (χ2n) is 8.30. The number of nitrogens with zero attached hydrogens (tertiary/aromatic N) is 2. The minimum absolute atomic E-state index is 0.0690. The van der Waals surface area contributed by atoms with Gasteiger partial charge in [-0.25, -0.2) is 17.2 Å². The van der Waals surface area contributed by atoms with E-state index in [-0.39, 0.29) is 17.4 Å². The Morgan fingerprint density at radius 2 is 1.57 bits per heavy atom. The lowest BCUT2D eigenvalue weighted by Gasteiger charge is -2.36. The maximum atomic E-state index is 14.3. The van der Waals surface area contributed by atoms with Crippen molar-refractivity contribution in [3.63, 3.8) is 0 Å². The van der Waals surface area contributed by atoms with E-state index in [1.165, 1.54) is 24.3 Å². The number of carbonyl (C=O) groups excluding carboxylic acids is 1. The van der Waals surface area contributed by atoms with Crippen molar-refractivity contribution < 1.29 is 26.7 Å². The average Bonchev–Trinajstić information content (AvgIpc) is 2.85. The van der Waals surface area contributed by atoms with Crippen LogP contribution in [0.25, 0.3) is 11.1 Å². The standard InChI is InChI=1S/C26H26F2N2O4S/c1-3-34-25-23(27)15-19(16-24(25)28)29-11-13-30(14-12-29)26(31)22-17-20(35(2,32)33)9-10-21(22)18-7-5-4-6-8-18/h4-10,15-17H,3,11-14H2,1-2H3. The summed E-state index contributed by atoms with van der Waals surface area (Å²) in [5, 5.41) is 0. The summed E-state index contributed by atoms with van der Waals surface area (Å²) in [5.41, 5.74) is 2.11. The number of carbonyl (C=O) groups is 1. The van der Waals surface area contributed by atoms with E-state index in [2.05, 4.69) is 0 Å². The summed E-state index contributed by atoms with van der Waals surface area (Å²) in [7, 11) is -3.51. The Labute approximate surface area is 203 Å². The molecule has 0 unspecified atom stereocenters. The van der Waals surface area contributed by atoms with Gasteiger partial charge in [0.1, 0.15) is 0 Å². The second kappa shape index (κ2) is 10.0. The van der Waals surface area contributed by atoms with Crippen molar-refractivity contribution >= 4 is 21.4 Å². The number of ether oxygens (including phenoxy) is 1. The molecule has 0 aliphatic carbocycles. The van der Waals surface area contributed by atoms with Gasteiger partial charge in [0, 0.05) is 55.8 Å². The van der Waals surface area contributed by atoms with E-state index in [1.807, 2.05) is 30.3 Å². The van der Waals surface area contributed by atoms with Gasteiger partial charge >= 0.3 is 0 Å². The number of hydrogen-bond acceptors (Lipinski definition) is 5. The van der Waals surface area contributed by atoms with Gasteiger partial charge in [-0.3, -0.25) is 4.79 Å². The predicted molar refractivity (Wildman–Crippen MR) is 131 cm³/mol. The molecule has 1 fully saturated rings. The summed E-state index contributed by atoms with van der Waals surface area (Å²) < 4.78 is 58.0. The molecular weight excluding hydrogens is 474 g/mol. The average molecular weight is 501 g/mol. The van der Waals surface area contributed by atoms with Gasteiger partial charge in [0.05, 0.1) is 11.5 Å². The molecule has 0 radical (unpaired) electrons. The van der Waals surface area contributed by atoms with E-state index in [4.69, 9.17) is 4.74 Å². The number of piperazine rings is 1. The van der Waals surface area contributed by atoms with Crippen molar-refractivity contribution in [2.75, 3.05) is 43.9 Å². The van der Waals surface area contributed by atoms with E-state index in [1.54, 1.807) is 22.8 Å². The number of benzene rings is 3. The van der Waals surface area contributed by atoms with Crippen molar-refractivity contribution in [1.82, 2.24) is 4.90 Å². The van der Waals surface area contributed by atoms with Crippen molar-refractivity contribution in [2.24, 2.45) is 0 Å². The van der Waals surface area contributed by atoms with Crippen LogP contribution in [-0.2, 0) is 9.84 Å². The minimum atomic E-state index is -3.51. The van der Waals surface area contributed by atoms with Gasteiger partial charge in [-0.1, -0.05) is 36.4 Å². The van der Waals surface area contributed by atoms with Crippen LogP contribution in [0.15, 0.2) is 65.6 Å². The third kappa shape index (κ3) is 5.30. The third-order valence-electron chi connectivity index (χ3n) is 5.94. The minimum Gasteiger partial charge on any atom is -0.488 e. The maximum Gasteiger partial charge on any atom is 0.254 e. The summed E-state index contributed by atoms with van der Waals surface area (Å²) >= 11 is 0. The molecular formula is C26H26F2N2O4S. The lowest BCUT2D eigenvalue weighted by atomic mass is 9.98. The molecule has 4 rings (SSSR count). The molecule has 9 heteroatoms. The Morgan fingerprint density at radius 3 is 2.14 bits per heavy atom. The maximum absolute atomic E-state index is 14.3. The lowest BCUT2D eigenvalue weighted by molar-refractivity contribution is 0.0747. The van der Waals surface area contributed by atoms with E-state index in [0.29, 0.717) is 43.0 Å². The number of sulfone groups is 1. The van der Waals surface area contributed by atoms with Crippen LogP contribution < -0.4 is 9.64 Å². The molecule has 3 aromatic carbocycles. The summed E-state index contributed by atoms with van der Waals surface area (Å²) in [6.45, 7) is 3.16. The zero-order chi connectivity index (χ0) is 25.2. The first kappa shape index (κ1) is 24.7. The molecule has 1 saturated heterocycles. The summed E-state index contributed by atoms with van der Waals surface area (Å²) in [4.78, 5) is 17.0. The van der Waals surface area contributed by atoms with Crippen LogP contribution in [0, 0.1) is 11.6 Å². The van der Waals surface area contributed by atoms with Crippen molar-refractivity contribution in [2.45, 2.75) is 11.8 Å². The molecule has 3 aromatic rings. The van der Waals surface area contributed by atoms with Gasteiger partial charge in [-0.15, -0.1) is 0 Å². The second-order valence-corrected chi connectivity index (χ2v) is 10.3. The molecule has 1 aliphatic rings. The SMILES string of the molecule is CCOc1c(F)cc(N2CCN(C(=O)c3cc(S(C)(=O)=O)ccc3-c3ccccc3)CC2)cc1F. The largest absolute Gasteiger partial charge is 0.488 e. The highest BCUT2D eigenvalue weighted by Gasteiger charge is 2.26. The van der Waals surface area contributed by atoms with Crippen molar-refractivity contribution in [3.05, 3.63) is 77.9 Å². The summed E-state index contributed by atoms with van der Waals surface area (Å²) in [6, 6.07) is 16.3. The summed E-state index contributed by atoms with van der Waals surface area (Å²) in [5.74, 6) is -2.24. The van der Waals surface area contributed by atoms with Crippen molar-refractivity contribution in [1.29, 1.82) is 0 Å². The quantitative estimate of drug-likeness (QED) is 0.502. The molecule has 184 valence electrons. The Hall–Kier alpha value is -3.46. The fourth-order valence-electron chi connectivity index (χ4n) is 4.15. The smallest absolute Gasteiger partial charge is 0.254 e. The van der Waals surface area contributed by atoms with Crippen molar-refractivity contribution in [3.8, 4) is 16.9 Å². The van der Waals surface area contributed by atoms with Crippen LogP contribution in [-0.4, -0.2) is 58.3 Å². The fraction of sp³-hybridized carbons (Fsp3) is 0.269. The van der Waals surface area contributed by atoms with E-state index in [0.717, 1.165) is 11.8 Å². The van der Waals surface area contributed by atoms with Crippen LogP contribution >= 0.6 is 0 Å². The van der Waals surface area contributed by atoms with E-state index >= 15 is 0 Å². The molecule has 0 spiro atoms. The molecule has 0 aromatic heterocycles. The van der Waals surface area contributed by atoms with Gasteiger partial charge < -0.3 is 14.5 Å². The van der Waals surface area contributed by atoms with Crippen LogP contribution in [0.1, 0.15) is 17.3 Å². The van der Waals surface area contributed by atoms with Gasteiger partial charge in [0.15, 0.2) is 27.2 Å². The zero-order valence-corrected chi connectivity index (χ0v) is 20.3. The molecule has 0 saturated carbocycles.